The van der Waals surface area contributed by atoms with Gasteiger partial charge >= 0.3 is 6.03 Å². The highest BCUT2D eigenvalue weighted by molar-refractivity contribution is 7.90. The predicted molar refractivity (Wildman–Crippen MR) is 84.3 cm³/mol. The second-order valence-electron chi connectivity index (χ2n) is 5.43. The molecule has 0 spiro atoms. The molecule has 0 unspecified atom stereocenters. The maximum Gasteiger partial charge on any atom is 0.317 e. The van der Waals surface area contributed by atoms with Crippen molar-refractivity contribution >= 4 is 15.9 Å². The molecule has 0 saturated carbocycles. The Morgan fingerprint density at radius 3 is 2.77 bits per heavy atom. The molecule has 1 fully saturated rings. The Balaban J connectivity index is 1.78. The van der Waals surface area contributed by atoms with E-state index >= 15 is 0 Å². The summed E-state index contributed by atoms with van der Waals surface area (Å²) in [6, 6.07) is 8.82. The molecule has 122 valence electrons. The second kappa shape index (κ2) is 7.60. The van der Waals surface area contributed by atoms with Crippen LogP contribution in [0.4, 0.5) is 4.79 Å². The number of carbonyl (C=O) groups excluding carboxylic acids is 1. The number of hydrogen-bond acceptors (Lipinski definition) is 4. The van der Waals surface area contributed by atoms with Crippen LogP contribution in [0.2, 0.25) is 0 Å². The van der Waals surface area contributed by atoms with Crippen LogP contribution in [0.1, 0.15) is 12.5 Å². The fourth-order valence-corrected chi connectivity index (χ4v) is 3.60. The normalized spacial score (nSPS) is 19.0. The predicted octanol–water partition coefficient (Wildman–Crippen LogP) is 1.03. The van der Waals surface area contributed by atoms with E-state index in [1.54, 1.807) is 17.0 Å². The lowest BCUT2D eigenvalue weighted by Crippen LogP contribution is -2.51. The third kappa shape index (κ3) is 4.99. The molecule has 0 aliphatic carbocycles. The van der Waals surface area contributed by atoms with Crippen LogP contribution in [0.15, 0.2) is 30.3 Å². The number of hydrogen-bond donors (Lipinski definition) is 1. The van der Waals surface area contributed by atoms with Crippen molar-refractivity contribution < 1.29 is 17.9 Å². The van der Waals surface area contributed by atoms with Crippen molar-refractivity contribution in [1.82, 2.24) is 10.2 Å². The summed E-state index contributed by atoms with van der Waals surface area (Å²) in [5.74, 6) is -0.0655. The smallest absolute Gasteiger partial charge is 0.317 e. The van der Waals surface area contributed by atoms with Gasteiger partial charge < -0.3 is 15.0 Å². The van der Waals surface area contributed by atoms with Crippen LogP contribution >= 0.6 is 0 Å². The van der Waals surface area contributed by atoms with Gasteiger partial charge in [0.25, 0.3) is 0 Å². The second-order valence-corrected chi connectivity index (χ2v) is 7.61. The summed E-state index contributed by atoms with van der Waals surface area (Å²) < 4.78 is 29.3. The van der Waals surface area contributed by atoms with Crippen LogP contribution in [0.5, 0.6) is 0 Å². The Labute approximate surface area is 131 Å². The summed E-state index contributed by atoms with van der Waals surface area (Å²) >= 11 is 0. The maximum atomic E-state index is 12.0. The number of benzene rings is 1. The van der Waals surface area contributed by atoms with Crippen LogP contribution in [-0.4, -0.2) is 57.4 Å². The van der Waals surface area contributed by atoms with E-state index in [-0.39, 0.29) is 30.1 Å². The van der Waals surface area contributed by atoms with E-state index in [1.165, 1.54) is 0 Å². The fraction of sp³-hybridized carbons (Fsp3) is 0.533. The highest BCUT2D eigenvalue weighted by Crippen LogP contribution is 2.07. The van der Waals surface area contributed by atoms with Crippen molar-refractivity contribution in [3.8, 4) is 0 Å². The van der Waals surface area contributed by atoms with Crippen molar-refractivity contribution in [3.63, 3.8) is 0 Å². The summed E-state index contributed by atoms with van der Waals surface area (Å²) in [4.78, 5) is 13.7. The summed E-state index contributed by atoms with van der Waals surface area (Å²) in [6.07, 6.45) is 0. The first-order valence-electron chi connectivity index (χ1n) is 7.34. The molecule has 2 amide bonds. The van der Waals surface area contributed by atoms with Gasteiger partial charge in [0.2, 0.25) is 0 Å². The van der Waals surface area contributed by atoms with Crippen LogP contribution in [-0.2, 0) is 20.3 Å². The van der Waals surface area contributed by atoms with Gasteiger partial charge in [0, 0.05) is 13.1 Å². The highest BCUT2D eigenvalue weighted by atomic mass is 32.2. The zero-order chi connectivity index (χ0) is 16.0. The Morgan fingerprint density at radius 1 is 1.36 bits per heavy atom. The standard InChI is InChI=1S/C15H22N2O4S/c1-13-11-21-9-8-17(13)15(18)16-7-10-22(19,20)12-14-5-3-2-4-6-14/h2-6,13H,7-12H2,1H3,(H,16,18)/t13-/m1/s1. The van der Waals surface area contributed by atoms with Crippen LogP contribution in [0, 0.1) is 0 Å². The average molecular weight is 326 g/mol. The Kier molecular flexibility index (Phi) is 5.79. The van der Waals surface area contributed by atoms with Crippen LogP contribution in [0.25, 0.3) is 0 Å². The van der Waals surface area contributed by atoms with Gasteiger partial charge in [-0.1, -0.05) is 30.3 Å². The lowest BCUT2D eigenvalue weighted by Gasteiger charge is -2.33. The molecule has 7 heteroatoms. The first-order valence-corrected chi connectivity index (χ1v) is 9.16. The number of carbonyl (C=O) groups is 1. The average Bonchev–Trinajstić information content (AvgIpc) is 2.48. The zero-order valence-corrected chi connectivity index (χ0v) is 13.5. The molecule has 1 atom stereocenters. The van der Waals surface area contributed by atoms with Gasteiger partial charge in [-0.15, -0.1) is 0 Å². The number of urea groups is 1. The van der Waals surface area contributed by atoms with Crippen molar-refractivity contribution in [2.24, 2.45) is 0 Å². The quantitative estimate of drug-likeness (QED) is 0.877. The van der Waals surface area contributed by atoms with E-state index in [1.807, 2.05) is 25.1 Å². The van der Waals surface area contributed by atoms with Crippen LogP contribution < -0.4 is 5.32 Å². The van der Waals surface area contributed by atoms with Crippen molar-refractivity contribution in [1.29, 1.82) is 0 Å². The van der Waals surface area contributed by atoms with Gasteiger partial charge in [0.15, 0.2) is 9.84 Å². The SMILES string of the molecule is C[C@@H]1COCCN1C(=O)NCCS(=O)(=O)Cc1ccccc1. The molecule has 1 aliphatic heterocycles. The molecule has 1 aliphatic rings. The van der Waals surface area contributed by atoms with E-state index < -0.39 is 9.84 Å². The molecule has 0 radical (unpaired) electrons. The van der Waals surface area contributed by atoms with E-state index in [4.69, 9.17) is 4.74 Å². The molecular weight excluding hydrogens is 304 g/mol. The van der Waals surface area contributed by atoms with Crippen molar-refractivity contribution in [2.45, 2.75) is 18.7 Å². The number of nitrogens with one attached hydrogen (secondary N) is 1. The van der Waals surface area contributed by atoms with Gasteiger partial charge in [-0.2, -0.15) is 0 Å². The number of ether oxygens (including phenoxy) is 1. The largest absolute Gasteiger partial charge is 0.377 e. The fourth-order valence-electron chi connectivity index (χ4n) is 2.34. The number of nitrogens with zero attached hydrogens (tertiary/aromatic N) is 1. The lowest BCUT2D eigenvalue weighted by molar-refractivity contribution is 0.0192. The van der Waals surface area contributed by atoms with E-state index in [0.717, 1.165) is 5.56 Å². The topological polar surface area (TPSA) is 75.7 Å². The van der Waals surface area contributed by atoms with Gasteiger partial charge in [-0.05, 0) is 12.5 Å². The summed E-state index contributed by atoms with van der Waals surface area (Å²) in [7, 11) is -3.23. The lowest BCUT2D eigenvalue weighted by atomic mass is 10.2. The highest BCUT2D eigenvalue weighted by Gasteiger charge is 2.23. The number of amides is 2. The summed E-state index contributed by atoms with van der Waals surface area (Å²) in [5, 5.41) is 2.68. The molecule has 22 heavy (non-hydrogen) atoms. The van der Waals surface area contributed by atoms with E-state index in [9.17, 15) is 13.2 Å². The minimum absolute atomic E-state index is 0.00231. The Bertz CT molecular complexity index is 589. The molecule has 6 nitrogen and oxygen atoms in total. The Morgan fingerprint density at radius 2 is 2.09 bits per heavy atom. The van der Waals surface area contributed by atoms with Crippen LogP contribution in [0.3, 0.4) is 0 Å². The maximum absolute atomic E-state index is 12.0. The Hall–Kier alpha value is -1.60. The van der Waals surface area contributed by atoms with Crippen molar-refractivity contribution in [2.75, 3.05) is 32.1 Å². The molecule has 2 rings (SSSR count). The van der Waals surface area contributed by atoms with Gasteiger partial charge in [-0.25, -0.2) is 13.2 Å². The molecule has 1 saturated heterocycles. The monoisotopic (exact) mass is 326 g/mol. The van der Waals surface area contributed by atoms with Crippen molar-refractivity contribution in [3.05, 3.63) is 35.9 Å². The van der Waals surface area contributed by atoms with E-state index in [0.29, 0.717) is 19.8 Å². The molecule has 1 N–H and O–H groups in total. The number of rotatable bonds is 5. The summed E-state index contributed by atoms with van der Waals surface area (Å²) in [5.41, 5.74) is 0.760. The van der Waals surface area contributed by atoms with E-state index in [2.05, 4.69) is 5.32 Å². The minimum atomic E-state index is -3.23. The summed E-state index contributed by atoms with van der Waals surface area (Å²) in [6.45, 7) is 3.59. The number of sulfone groups is 1. The zero-order valence-electron chi connectivity index (χ0n) is 12.7. The molecule has 0 aromatic heterocycles. The molecule has 1 aromatic rings. The molecule has 1 aromatic carbocycles. The third-order valence-corrected chi connectivity index (χ3v) is 5.15. The molecule has 1 heterocycles. The van der Waals surface area contributed by atoms with Gasteiger partial charge in [0.1, 0.15) is 0 Å². The van der Waals surface area contributed by atoms with Gasteiger partial charge in [-0.3, -0.25) is 0 Å². The van der Waals surface area contributed by atoms with Gasteiger partial charge in [0.05, 0.1) is 30.8 Å². The first-order chi connectivity index (χ1) is 10.5. The first kappa shape index (κ1) is 16.8. The third-order valence-electron chi connectivity index (χ3n) is 3.55. The number of morpholine rings is 1. The molecular formula is C15H22N2O4S. The minimum Gasteiger partial charge on any atom is -0.377 e. The molecule has 0 bridgehead atoms.